The van der Waals surface area contributed by atoms with Crippen molar-refractivity contribution in [3.05, 3.63) is 18.2 Å². The molecule has 2 rings (SSSR count). The van der Waals surface area contributed by atoms with Crippen molar-refractivity contribution in [3.63, 3.8) is 0 Å². The van der Waals surface area contributed by atoms with Crippen molar-refractivity contribution < 1.29 is 9.53 Å². The lowest BCUT2D eigenvalue weighted by atomic mass is 10.0. The summed E-state index contributed by atoms with van der Waals surface area (Å²) in [5.74, 6) is 1.06. The van der Waals surface area contributed by atoms with Crippen molar-refractivity contribution >= 4 is 11.6 Å². The van der Waals surface area contributed by atoms with Gasteiger partial charge in [-0.1, -0.05) is 0 Å². The number of aromatic nitrogens is 2. The Morgan fingerprint density at radius 2 is 2.20 bits per heavy atom. The van der Waals surface area contributed by atoms with Gasteiger partial charge < -0.3 is 10.1 Å². The van der Waals surface area contributed by atoms with Crippen LogP contribution in [0.5, 0.6) is 0 Å². The Balaban J connectivity index is 1.84. The van der Waals surface area contributed by atoms with Gasteiger partial charge in [0, 0.05) is 12.3 Å². The monoisotopic (exact) mass is 207 g/mol. The van der Waals surface area contributed by atoms with Crippen LogP contribution in [0.4, 0.5) is 5.69 Å². The van der Waals surface area contributed by atoms with E-state index in [1.165, 1.54) is 0 Å². The molecule has 0 bridgehead atoms. The standard InChI is InChI=1S/C10H13N3O2/c1-7-11-3-9(4-12-7)13-10(14)2-8-5-15-6-8/h3-4,8H,2,5-6H2,1H3,(H,13,14). The number of rotatable bonds is 3. The van der Waals surface area contributed by atoms with Gasteiger partial charge in [-0.25, -0.2) is 9.97 Å². The zero-order valence-corrected chi connectivity index (χ0v) is 8.56. The molecule has 0 aromatic carbocycles. The molecule has 1 aromatic heterocycles. The zero-order chi connectivity index (χ0) is 10.7. The van der Waals surface area contributed by atoms with Crippen molar-refractivity contribution in [2.75, 3.05) is 18.5 Å². The van der Waals surface area contributed by atoms with Crippen LogP contribution >= 0.6 is 0 Å². The minimum absolute atomic E-state index is 0.00393. The Hall–Kier alpha value is -1.49. The number of amides is 1. The summed E-state index contributed by atoms with van der Waals surface area (Å²) in [6, 6.07) is 0. The summed E-state index contributed by atoms with van der Waals surface area (Å²) in [5.41, 5.74) is 0.644. The Bertz CT molecular complexity index is 346. The average Bonchev–Trinajstić information content (AvgIpc) is 2.16. The van der Waals surface area contributed by atoms with E-state index in [1.807, 2.05) is 0 Å². The number of carbonyl (C=O) groups excluding carboxylic acids is 1. The Morgan fingerprint density at radius 3 is 2.73 bits per heavy atom. The van der Waals surface area contributed by atoms with Crippen molar-refractivity contribution in [3.8, 4) is 0 Å². The number of aryl methyl sites for hydroxylation is 1. The van der Waals surface area contributed by atoms with E-state index in [-0.39, 0.29) is 5.91 Å². The molecule has 0 aliphatic carbocycles. The molecule has 5 heteroatoms. The van der Waals surface area contributed by atoms with E-state index >= 15 is 0 Å². The summed E-state index contributed by atoms with van der Waals surface area (Å²) in [6.07, 6.45) is 3.73. The minimum Gasteiger partial charge on any atom is -0.381 e. The van der Waals surface area contributed by atoms with Gasteiger partial charge in [-0.05, 0) is 6.92 Å². The summed E-state index contributed by atoms with van der Waals surface area (Å²) in [6.45, 7) is 3.19. The minimum atomic E-state index is -0.00393. The van der Waals surface area contributed by atoms with Crippen molar-refractivity contribution in [2.24, 2.45) is 5.92 Å². The van der Waals surface area contributed by atoms with Gasteiger partial charge in [0.25, 0.3) is 0 Å². The van der Waals surface area contributed by atoms with Crippen LogP contribution < -0.4 is 5.32 Å². The topological polar surface area (TPSA) is 64.1 Å². The first kappa shape index (κ1) is 10.0. The Kier molecular flexibility index (Phi) is 2.91. The van der Waals surface area contributed by atoms with E-state index in [0.29, 0.717) is 37.1 Å². The Labute approximate surface area is 87.9 Å². The van der Waals surface area contributed by atoms with Gasteiger partial charge >= 0.3 is 0 Å². The molecular formula is C10H13N3O2. The fraction of sp³-hybridized carbons (Fsp3) is 0.500. The number of anilines is 1. The van der Waals surface area contributed by atoms with Crippen molar-refractivity contribution in [1.82, 2.24) is 9.97 Å². The highest BCUT2D eigenvalue weighted by atomic mass is 16.5. The molecule has 0 unspecified atom stereocenters. The number of hydrogen-bond donors (Lipinski definition) is 1. The number of hydrogen-bond acceptors (Lipinski definition) is 4. The van der Waals surface area contributed by atoms with Crippen LogP contribution in [0.25, 0.3) is 0 Å². The lowest BCUT2D eigenvalue weighted by Crippen LogP contribution is -2.31. The molecule has 5 nitrogen and oxygen atoms in total. The number of nitrogens with one attached hydrogen (secondary N) is 1. The van der Waals surface area contributed by atoms with Crippen LogP contribution in [0, 0.1) is 12.8 Å². The third kappa shape index (κ3) is 2.73. The molecular weight excluding hydrogens is 194 g/mol. The highest BCUT2D eigenvalue weighted by Gasteiger charge is 2.21. The van der Waals surface area contributed by atoms with E-state index in [2.05, 4.69) is 15.3 Å². The fourth-order valence-electron chi connectivity index (χ4n) is 1.33. The summed E-state index contributed by atoms with van der Waals surface area (Å²) < 4.78 is 5.00. The summed E-state index contributed by atoms with van der Waals surface area (Å²) in [5, 5.41) is 2.75. The molecule has 1 aromatic rings. The Morgan fingerprint density at radius 1 is 1.53 bits per heavy atom. The maximum absolute atomic E-state index is 11.5. The van der Waals surface area contributed by atoms with E-state index in [1.54, 1.807) is 19.3 Å². The summed E-state index contributed by atoms with van der Waals surface area (Å²) in [4.78, 5) is 19.5. The first-order valence-corrected chi connectivity index (χ1v) is 4.90. The van der Waals surface area contributed by atoms with Crippen LogP contribution in [0.3, 0.4) is 0 Å². The number of nitrogens with zero attached hydrogens (tertiary/aromatic N) is 2. The van der Waals surface area contributed by atoms with Gasteiger partial charge in [0.05, 0.1) is 31.3 Å². The molecule has 0 spiro atoms. The second-order valence-electron chi connectivity index (χ2n) is 3.67. The molecule has 0 radical (unpaired) electrons. The summed E-state index contributed by atoms with van der Waals surface area (Å²) in [7, 11) is 0. The fourth-order valence-corrected chi connectivity index (χ4v) is 1.33. The van der Waals surface area contributed by atoms with Gasteiger partial charge in [-0.2, -0.15) is 0 Å². The van der Waals surface area contributed by atoms with Crippen LogP contribution in [0.1, 0.15) is 12.2 Å². The highest BCUT2D eigenvalue weighted by Crippen LogP contribution is 2.15. The highest BCUT2D eigenvalue weighted by molar-refractivity contribution is 5.90. The number of ether oxygens (including phenoxy) is 1. The molecule has 1 aliphatic rings. The normalized spacial score (nSPS) is 15.8. The van der Waals surface area contributed by atoms with Gasteiger partial charge in [0.15, 0.2) is 0 Å². The molecule has 1 aliphatic heterocycles. The SMILES string of the molecule is Cc1ncc(NC(=O)CC2COC2)cn1. The first-order chi connectivity index (χ1) is 7.24. The first-order valence-electron chi connectivity index (χ1n) is 4.90. The maximum Gasteiger partial charge on any atom is 0.224 e. The molecule has 1 N–H and O–H groups in total. The van der Waals surface area contributed by atoms with Gasteiger partial charge in [-0.15, -0.1) is 0 Å². The third-order valence-corrected chi connectivity index (χ3v) is 2.25. The molecule has 0 atom stereocenters. The summed E-state index contributed by atoms with van der Waals surface area (Å²) >= 11 is 0. The van der Waals surface area contributed by atoms with Crippen LogP contribution in [-0.4, -0.2) is 29.1 Å². The molecule has 1 amide bonds. The van der Waals surface area contributed by atoms with Gasteiger partial charge in [-0.3, -0.25) is 4.79 Å². The number of carbonyl (C=O) groups is 1. The van der Waals surface area contributed by atoms with Crippen molar-refractivity contribution in [1.29, 1.82) is 0 Å². The van der Waals surface area contributed by atoms with E-state index < -0.39 is 0 Å². The molecule has 0 saturated carbocycles. The lowest BCUT2D eigenvalue weighted by Gasteiger charge is -2.25. The zero-order valence-electron chi connectivity index (χ0n) is 8.56. The van der Waals surface area contributed by atoms with Crippen LogP contribution in [-0.2, 0) is 9.53 Å². The lowest BCUT2D eigenvalue weighted by molar-refractivity contribution is -0.121. The van der Waals surface area contributed by atoms with E-state index in [4.69, 9.17) is 4.74 Å². The van der Waals surface area contributed by atoms with E-state index in [9.17, 15) is 4.79 Å². The molecule has 15 heavy (non-hydrogen) atoms. The van der Waals surface area contributed by atoms with Gasteiger partial charge in [0.1, 0.15) is 5.82 Å². The smallest absolute Gasteiger partial charge is 0.224 e. The second kappa shape index (κ2) is 4.35. The van der Waals surface area contributed by atoms with E-state index in [0.717, 1.165) is 0 Å². The molecule has 80 valence electrons. The molecule has 2 heterocycles. The molecule has 1 fully saturated rings. The second-order valence-corrected chi connectivity index (χ2v) is 3.67. The predicted molar refractivity (Wildman–Crippen MR) is 54.3 cm³/mol. The average molecular weight is 207 g/mol. The van der Waals surface area contributed by atoms with Crippen LogP contribution in [0.15, 0.2) is 12.4 Å². The largest absolute Gasteiger partial charge is 0.381 e. The third-order valence-electron chi connectivity index (χ3n) is 2.25. The van der Waals surface area contributed by atoms with Crippen LogP contribution in [0.2, 0.25) is 0 Å². The quantitative estimate of drug-likeness (QED) is 0.794. The molecule has 1 saturated heterocycles. The predicted octanol–water partition coefficient (Wildman–Crippen LogP) is 0.760. The maximum atomic E-state index is 11.5. The van der Waals surface area contributed by atoms with Gasteiger partial charge in [0.2, 0.25) is 5.91 Å². The van der Waals surface area contributed by atoms with Crippen molar-refractivity contribution in [2.45, 2.75) is 13.3 Å².